The Hall–Kier alpha value is -0.640. The molecule has 0 radical (unpaired) electrons. The summed E-state index contributed by atoms with van der Waals surface area (Å²) in [5.41, 5.74) is 0.677. The van der Waals surface area contributed by atoms with Gasteiger partial charge in [0.15, 0.2) is 0 Å². The Labute approximate surface area is 132 Å². The lowest BCUT2D eigenvalue weighted by atomic mass is 9.86. The molecule has 1 aliphatic rings. The third-order valence-electron chi connectivity index (χ3n) is 4.83. The number of rotatable bonds is 5. The van der Waals surface area contributed by atoms with Crippen LogP contribution < -0.4 is 5.32 Å². The van der Waals surface area contributed by atoms with Crippen LogP contribution in [0.25, 0.3) is 0 Å². The van der Waals surface area contributed by atoms with Crippen molar-refractivity contribution in [2.45, 2.75) is 51.1 Å². The number of likely N-dealkylation sites (tertiary alicyclic amines) is 1. The summed E-state index contributed by atoms with van der Waals surface area (Å²) < 4.78 is 14.2. The van der Waals surface area contributed by atoms with Gasteiger partial charge in [0.2, 0.25) is 0 Å². The first-order valence-corrected chi connectivity index (χ1v) is 8.20. The first kappa shape index (κ1) is 16.7. The van der Waals surface area contributed by atoms with E-state index in [-0.39, 0.29) is 22.4 Å². The smallest absolute Gasteiger partial charge is 0.145 e. The minimum atomic E-state index is -0.283. The van der Waals surface area contributed by atoms with Gasteiger partial charge >= 0.3 is 0 Å². The molecule has 0 spiro atoms. The van der Waals surface area contributed by atoms with Crippen LogP contribution in [0.15, 0.2) is 18.2 Å². The third kappa shape index (κ3) is 3.77. The average molecular weight is 313 g/mol. The van der Waals surface area contributed by atoms with E-state index in [0.29, 0.717) is 12.0 Å². The van der Waals surface area contributed by atoms with Crippen molar-refractivity contribution in [2.24, 2.45) is 0 Å². The summed E-state index contributed by atoms with van der Waals surface area (Å²) >= 11 is 5.90. The van der Waals surface area contributed by atoms with E-state index >= 15 is 0 Å². The Bertz CT molecular complexity index is 470. The second-order valence-corrected chi connectivity index (χ2v) is 6.87. The van der Waals surface area contributed by atoms with Crippen LogP contribution in [0.1, 0.15) is 38.7 Å². The predicted octanol–water partition coefficient (Wildman–Crippen LogP) is 3.87. The quantitative estimate of drug-likeness (QED) is 0.888. The van der Waals surface area contributed by atoms with Gasteiger partial charge in [-0.3, -0.25) is 4.90 Å². The summed E-state index contributed by atoms with van der Waals surface area (Å²) in [7, 11) is 1.96. The Morgan fingerprint density at radius 2 is 1.95 bits per heavy atom. The third-order valence-corrected chi connectivity index (χ3v) is 5.12. The maximum Gasteiger partial charge on any atom is 0.145 e. The van der Waals surface area contributed by atoms with Gasteiger partial charge in [0.25, 0.3) is 0 Å². The van der Waals surface area contributed by atoms with Crippen LogP contribution in [0.2, 0.25) is 5.02 Å². The van der Waals surface area contributed by atoms with Crippen molar-refractivity contribution < 1.29 is 4.39 Å². The number of hydrogen-bond donors (Lipinski definition) is 1. The molecule has 1 aliphatic heterocycles. The monoisotopic (exact) mass is 312 g/mol. The van der Waals surface area contributed by atoms with Crippen LogP contribution >= 0.6 is 11.6 Å². The Balaban J connectivity index is 2.16. The minimum absolute atomic E-state index is 0.00999. The van der Waals surface area contributed by atoms with Gasteiger partial charge < -0.3 is 5.32 Å². The van der Waals surface area contributed by atoms with E-state index in [1.807, 2.05) is 19.2 Å². The Morgan fingerprint density at radius 3 is 2.57 bits per heavy atom. The fourth-order valence-corrected chi connectivity index (χ4v) is 3.52. The summed E-state index contributed by atoms with van der Waals surface area (Å²) in [5, 5.41) is 3.59. The summed E-state index contributed by atoms with van der Waals surface area (Å²) in [6.07, 6.45) is 4.48. The molecule has 1 unspecified atom stereocenters. The standard InChI is InChI=1S/C17H26ClFN2/c1-17(2,21-10-5-4-6-11-21)15(20-3)12-13-8-7-9-14(18)16(13)19/h7-9,15,20H,4-6,10-12H2,1-3H3. The zero-order chi connectivity index (χ0) is 15.5. The van der Waals surface area contributed by atoms with E-state index in [1.165, 1.54) is 19.3 Å². The second-order valence-electron chi connectivity index (χ2n) is 6.46. The van der Waals surface area contributed by atoms with Crippen molar-refractivity contribution in [2.75, 3.05) is 20.1 Å². The van der Waals surface area contributed by atoms with Crippen LogP contribution in [0.5, 0.6) is 0 Å². The first-order chi connectivity index (χ1) is 9.96. The van der Waals surface area contributed by atoms with Crippen LogP contribution in [0.4, 0.5) is 4.39 Å². The Morgan fingerprint density at radius 1 is 1.29 bits per heavy atom. The second kappa shape index (κ2) is 7.08. The largest absolute Gasteiger partial charge is 0.315 e. The average Bonchev–Trinajstić information content (AvgIpc) is 2.49. The van der Waals surface area contributed by atoms with Crippen molar-refractivity contribution in [1.29, 1.82) is 0 Å². The topological polar surface area (TPSA) is 15.3 Å². The first-order valence-electron chi connectivity index (χ1n) is 7.82. The SMILES string of the molecule is CNC(Cc1cccc(Cl)c1F)C(C)(C)N1CCCCC1. The van der Waals surface area contributed by atoms with E-state index in [2.05, 4.69) is 24.1 Å². The van der Waals surface area contributed by atoms with Gasteiger partial charge in [-0.1, -0.05) is 30.2 Å². The lowest BCUT2D eigenvalue weighted by Crippen LogP contribution is -2.59. The fourth-order valence-electron chi connectivity index (χ4n) is 3.32. The number of nitrogens with zero attached hydrogens (tertiary/aromatic N) is 1. The van der Waals surface area contributed by atoms with Crippen molar-refractivity contribution in [3.8, 4) is 0 Å². The molecule has 0 amide bonds. The molecule has 21 heavy (non-hydrogen) atoms. The molecule has 1 heterocycles. The summed E-state index contributed by atoms with van der Waals surface area (Å²) in [4.78, 5) is 2.53. The number of benzene rings is 1. The van der Waals surface area contributed by atoms with E-state index in [4.69, 9.17) is 11.6 Å². The Kier molecular flexibility index (Phi) is 5.64. The van der Waals surface area contributed by atoms with Crippen LogP contribution in [0, 0.1) is 5.82 Å². The lowest BCUT2D eigenvalue weighted by Gasteiger charge is -2.46. The summed E-state index contributed by atoms with van der Waals surface area (Å²) in [5.74, 6) is -0.283. The molecule has 1 fully saturated rings. The van der Waals surface area contributed by atoms with Gasteiger partial charge in [-0.05, 0) is 64.9 Å². The van der Waals surface area contributed by atoms with Gasteiger partial charge in [-0.2, -0.15) is 0 Å². The molecule has 1 atom stereocenters. The number of piperidine rings is 1. The molecule has 0 aromatic heterocycles. The van der Waals surface area contributed by atoms with Crippen molar-refractivity contribution >= 4 is 11.6 Å². The van der Waals surface area contributed by atoms with Gasteiger partial charge in [0, 0.05) is 11.6 Å². The van der Waals surface area contributed by atoms with Crippen molar-refractivity contribution in [3.63, 3.8) is 0 Å². The normalized spacial score (nSPS) is 18.7. The predicted molar refractivity (Wildman–Crippen MR) is 87.5 cm³/mol. The van der Waals surface area contributed by atoms with Gasteiger partial charge in [-0.15, -0.1) is 0 Å². The highest BCUT2D eigenvalue weighted by Gasteiger charge is 2.35. The van der Waals surface area contributed by atoms with Crippen LogP contribution in [-0.2, 0) is 6.42 Å². The number of likely N-dealkylation sites (N-methyl/N-ethyl adjacent to an activating group) is 1. The van der Waals surface area contributed by atoms with Gasteiger partial charge in [-0.25, -0.2) is 4.39 Å². The molecular formula is C17H26ClFN2. The molecule has 2 nitrogen and oxygen atoms in total. The maximum absolute atomic E-state index is 14.2. The molecule has 118 valence electrons. The summed E-state index contributed by atoms with van der Waals surface area (Å²) in [6, 6.07) is 5.44. The highest BCUT2D eigenvalue weighted by molar-refractivity contribution is 6.30. The molecule has 0 saturated carbocycles. The lowest BCUT2D eigenvalue weighted by molar-refractivity contribution is 0.0633. The van der Waals surface area contributed by atoms with Gasteiger partial charge in [0.05, 0.1) is 5.02 Å². The molecule has 4 heteroatoms. The van der Waals surface area contributed by atoms with E-state index in [9.17, 15) is 4.39 Å². The van der Waals surface area contributed by atoms with E-state index in [1.54, 1.807) is 6.07 Å². The number of nitrogens with one attached hydrogen (secondary N) is 1. The zero-order valence-corrected chi connectivity index (χ0v) is 14.0. The zero-order valence-electron chi connectivity index (χ0n) is 13.3. The van der Waals surface area contributed by atoms with E-state index < -0.39 is 0 Å². The molecule has 0 aliphatic carbocycles. The minimum Gasteiger partial charge on any atom is -0.315 e. The molecule has 1 aromatic rings. The highest BCUT2D eigenvalue weighted by atomic mass is 35.5. The molecular weight excluding hydrogens is 287 g/mol. The fraction of sp³-hybridized carbons (Fsp3) is 0.647. The maximum atomic E-state index is 14.2. The number of halogens is 2. The summed E-state index contributed by atoms with van der Waals surface area (Å²) in [6.45, 7) is 6.76. The van der Waals surface area contributed by atoms with Crippen LogP contribution in [-0.4, -0.2) is 36.6 Å². The van der Waals surface area contributed by atoms with Crippen molar-refractivity contribution in [1.82, 2.24) is 10.2 Å². The van der Waals surface area contributed by atoms with Gasteiger partial charge in [0.1, 0.15) is 5.82 Å². The van der Waals surface area contributed by atoms with Crippen LogP contribution in [0.3, 0.4) is 0 Å². The van der Waals surface area contributed by atoms with E-state index in [0.717, 1.165) is 13.1 Å². The molecule has 1 aromatic carbocycles. The van der Waals surface area contributed by atoms with Crippen molar-refractivity contribution in [3.05, 3.63) is 34.6 Å². The number of hydrogen-bond acceptors (Lipinski definition) is 2. The molecule has 1 N–H and O–H groups in total. The molecule has 1 saturated heterocycles. The molecule has 0 bridgehead atoms. The molecule has 2 rings (SSSR count). The highest BCUT2D eigenvalue weighted by Crippen LogP contribution is 2.27.